The average Bonchev–Trinajstić information content (AvgIpc) is 3.19. The van der Waals surface area contributed by atoms with Crippen LogP contribution in [0.5, 0.6) is 0 Å². The molecule has 1 saturated heterocycles. The lowest BCUT2D eigenvalue weighted by Gasteiger charge is -2.24. The van der Waals surface area contributed by atoms with Gasteiger partial charge in [0.2, 0.25) is 0 Å². The zero-order valence-electron chi connectivity index (χ0n) is 16.2. The minimum Gasteiger partial charge on any atom is -0.463 e. The summed E-state index contributed by atoms with van der Waals surface area (Å²) in [6.07, 6.45) is -1.54. The van der Waals surface area contributed by atoms with Crippen LogP contribution in [-0.4, -0.2) is 57.4 Å². The number of aromatic nitrogens is 3. The fourth-order valence-electron chi connectivity index (χ4n) is 3.24. The van der Waals surface area contributed by atoms with Gasteiger partial charge < -0.3 is 23.5 Å². The third kappa shape index (κ3) is 4.19. The summed E-state index contributed by atoms with van der Waals surface area (Å²) in [7, 11) is 0. The van der Waals surface area contributed by atoms with Crippen molar-refractivity contribution in [1.82, 2.24) is 14.5 Å². The summed E-state index contributed by atoms with van der Waals surface area (Å²) in [6.45, 7) is 3.34. The van der Waals surface area contributed by atoms with Gasteiger partial charge in [-0.15, -0.1) is 0 Å². The van der Waals surface area contributed by atoms with Crippen molar-refractivity contribution in [2.24, 2.45) is 0 Å². The van der Waals surface area contributed by atoms with Crippen LogP contribution in [0.25, 0.3) is 11.0 Å². The standard InChI is InChI=1S/C18H17ClN4O7/c1-8(24)27-6-12-14(28-9(2)25)15(29-10(3)26)18(30-12)23-5-11(4-20)13-16(19)21-7-22-17(13)23/h5,7,12,14-15,18H,6H2,1-3H3/t12?,14?,15?,18-/m1/s1. The van der Waals surface area contributed by atoms with E-state index < -0.39 is 42.4 Å². The van der Waals surface area contributed by atoms with Crippen molar-refractivity contribution in [3.05, 3.63) is 23.2 Å². The Morgan fingerprint density at radius 1 is 1.17 bits per heavy atom. The van der Waals surface area contributed by atoms with Gasteiger partial charge in [0.1, 0.15) is 35.9 Å². The second-order valence-electron chi connectivity index (χ2n) is 6.44. The molecular weight excluding hydrogens is 420 g/mol. The first-order chi connectivity index (χ1) is 14.2. The number of fused-ring (bicyclic) bond motifs is 1. The Morgan fingerprint density at radius 3 is 2.43 bits per heavy atom. The molecule has 0 spiro atoms. The Bertz CT molecular complexity index is 1050. The summed E-state index contributed by atoms with van der Waals surface area (Å²) in [5.74, 6) is -1.86. The summed E-state index contributed by atoms with van der Waals surface area (Å²) >= 11 is 6.12. The Kier molecular flexibility index (Phi) is 6.19. The van der Waals surface area contributed by atoms with E-state index in [-0.39, 0.29) is 23.0 Å². The van der Waals surface area contributed by atoms with E-state index in [0.717, 1.165) is 0 Å². The van der Waals surface area contributed by atoms with Crippen molar-refractivity contribution in [2.75, 3.05) is 6.61 Å². The third-order valence-electron chi connectivity index (χ3n) is 4.30. The van der Waals surface area contributed by atoms with Crippen LogP contribution in [0.2, 0.25) is 5.15 Å². The minimum atomic E-state index is -1.11. The van der Waals surface area contributed by atoms with Gasteiger partial charge in [-0.05, 0) is 0 Å². The number of ether oxygens (including phenoxy) is 4. The number of rotatable bonds is 5. The third-order valence-corrected chi connectivity index (χ3v) is 4.58. The molecule has 0 N–H and O–H groups in total. The van der Waals surface area contributed by atoms with E-state index in [1.807, 2.05) is 6.07 Å². The SMILES string of the molecule is CC(=O)OCC1O[C@@H](n2cc(C#N)c3c(Cl)ncnc32)C(OC(C)=O)C1OC(C)=O. The van der Waals surface area contributed by atoms with Crippen molar-refractivity contribution < 1.29 is 33.3 Å². The lowest BCUT2D eigenvalue weighted by molar-refractivity contribution is -0.166. The van der Waals surface area contributed by atoms with Gasteiger partial charge in [-0.2, -0.15) is 5.26 Å². The van der Waals surface area contributed by atoms with Gasteiger partial charge in [0.15, 0.2) is 18.4 Å². The first-order valence-electron chi connectivity index (χ1n) is 8.77. The maximum atomic E-state index is 11.7. The predicted octanol–water partition coefficient (Wildman–Crippen LogP) is 1.28. The van der Waals surface area contributed by atoms with Crippen LogP contribution >= 0.6 is 11.6 Å². The topological polar surface area (TPSA) is 143 Å². The summed E-state index contributed by atoms with van der Waals surface area (Å²) < 4.78 is 23.1. The maximum absolute atomic E-state index is 11.7. The molecule has 30 heavy (non-hydrogen) atoms. The normalized spacial score (nSPS) is 23.0. The van der Waals surface area contributed by atoms with Gasteiger partial charge in [0.25, 0.3) is 0 Å². The molecule has 4 atom stereocenters. The highest BCUT2D eigenvalue weighted by molar-refractivity contribution is 6.34. The van der Waals surface area contributed by atoms with E-state index in [4.69, 9.17) is 30.5 Å². The maximum Gasteiger partial charge on any atom is 0.303 e. The Hall–Kier alpha value is -3.23. The van der Waals surface area contributed by atoms with Gasteiger partial charge in [0.05, 0.1) is 10.9 Å². The summed E-state index contributed by atoms with van der Waals surface area (Å²) in [5.41, 5.74) is 0.427. The molecule has 1 fully saturated rings. The van der Waals surface area contributed by atoms with Gasteiger partial charge >= 0.3 is 17.9 Å². The van der Waals surface area contributed by atoms with Gasteiger partial charge in [-0.1, -0.05) is 11.6 Å². The summed E-state index contributed by atoms with van der Waals surface area (Å²) in [5, 5.41) is 9.82. The summed E-state index contributed by atoms with van der Waals surface area (Å²) in [6, 6.07) is 2.00. The molecule has 158 valence electrons. The Balaban J connectivity index is 2.09. The van der Waals surface area contributed by atoms with E-state index in [9.17, 15) is 19.6 Å². The second kappa shape index (κ2) is 8.64. The van der Waals surface area contributed by atoms with E-state index in [1.54, 1.807) is 0 Å². The van der Waals surface area contributed by atoms with Gasteiger partial charge in [-0.3, -0.25) is 14.4 Å². The number of nitriles is 1. The van der Waals surface area contributed by atoms with E-state index in [1.165, 1.54) is 37.9 Å². The Morgan fingerprint density at radius 2 is 1.83 bits per heavy atom. The lowest BCUT2D eigenvalue weighted by Crippen LogP contribution is -2.40. The predicted molar refractivity (Wildman–Crippen MR) is 98.9 cm³/mol. The van der Waals surface area contributed by atoms with Crippen LogP contribution in [0.3, 0.4) is 0 Å². The van der Waals surface area contributed by atoms with Crippen molar-refractivity contribution in [1.29, 1.82) is 5.26 Å². The molecule has 3 rings (SSSR count). The molecule has 1 aliphatic heterocycles. The molecule has 0 aromatic carbocycles. The molecule has 3 unspecified atom stereocenters. The molecule has 11 nitrogen and oxygen atoms in total. The fraction of sp³-hybridized carbons (Fsp3) is 0.444. The molecule has 0 radical (unpaired) electrons. The molecule has 0 amide bonds. The molecule has 0 bridgehead atoms. The van der Waals surface area contributed by atoms with E-state index >= 15 is 0 Å². The minimum absolute atomic E-state index is 0.0605. The second-order valence-corrected chi connectivity index (χ2v) is 6.80. The van der Waals surface area contributed by atoms with Crippen molar-refractivity contribution in [3.8, 4) is 6.07 Å². The number of hydrogen-bond acceptors (Lipinski definition) is 10. The van der Waals surface area contributed by atoms with Crippen LogP contribution in [0.1, 0.15) is 32.6 Å². The lowest BCUT2D eigenvalue weighted by atomic mass is 10.1. The number of hydrogen-bond donors (Lipinski definition) is 0. The monoisotopic (exact) mass is 436 g/mol. The number of esters is 3. The van der Waals surface area contributed by atoms with Crippen LogP contribution in [0.15, 0.2) is 12.5 Å². The van der Waals surface area contributed by atoms with Gasteiger partial charge in [0, 0.05) is 27.0 Å². The molecule has 0 saturated carbocycles. The number of carbonyl (C=O) groups is 3. The number of carbonyl (C=O) groups excluding carboxylic acids is 3. The fourth-order valence-corrected chi connectivity index (χ4v) is 3.47. The van der Waals surface area contributed by atoms with Crippen LogP contribution in [0, 0.1) is 11.3 Å². The summed E-state index contributed by atoms with van der Waals surface area (Å²) in [4.78, 5) is 42.7. The first kappa shape index (κ1) is 21.5. The molecule has 12 heteroatoms. The quantitative estimate of drug-likeness (QED) is 0.382. The molecule has 2 aromatic rings. The smallest absolute Gasteiger partial charge is 0.303 e. The highest BCUT2D eigenvalue weighted by Crippen LogP contribution is 2.38. The van der Waals surface area contributed by atoms with Gasteiger partial charge in [-0.25, -0.2) is 9.97 Å². The number of nitrogens with zero attached hydrogens (tertiary/aromatic N) is 4. The zero-order chi connectivity index (χ0) is 22.0. The largest absolute Gasteiger partial charge is 0.463 e. The average molecular weight is 437 g/mol. The molecule has 1 aliphatic rings. The molecule has 0 aliphatic carbocycles. The first-order valence-corrected chi connectivity index (χ1v) is 9.15. The number of halogens is 1. The van der Waals surface area contributed by atoms with E-state index in [0.29, 0.717) is 5.39 Å². The highest BCUT2D eigenvalue weighted by atomic mass is 35.5. The molecule has 3 heterocycles. The van der Waals surface area contributed by atoms with Crippen molar-refractivity contribution in [3.63, 3.8) is 0 Å². The van der Waals surface area contributed by atoms with Crippen molar-refractivity contribution in [2.45, 2.75) is 45.3 Å². The Labute approximate surface area is 175 Å². The van der Waals surface area contributed by atoms with E-state index in [2.05, 4.69) is 9.97 Å². The van der Waals surface area contributed by atoms with Crippen LogP contribution in [0.4, 0.5) is 0 Å². The van der Waals surface area contributed by atoms with Crippen LogP contribution in [-0.2, 0) is 33.3 Å². The molecular formula is C18H17ClN4O7. The zero-order valence-corrected chi connectivity index (χ0v) is 17.0. The highest BCUT2D eigenvalue weighted by Gasteiger charge is 2.51. The van der Waals surface area contributed by atoms with Crippen LogP contribution < -0.4 is 0 Å². The molecule has 2 aromatic heterocycles. The van der Waals surface area contributed by atoms with Crippen molar-refractivity contribution >= 4 is 40.5 Å².